The van der Waals surface area contributed by atoms with Crippen molar-refractivity contribution in [2.75, 3.05) is 6.61 Å². The summed E-state index contributed by atoms with van der Waals surface area (Å²) in [5, 5.41) is 9.26. The second-order valence-electron chi connectivity index (χ2n) is 5.77. The van der Waals surface area contributed by atoms with Crippen LogP contribution >= 0.6 is 0 Å². The largest absolute Gasteiger partial charge is 0.490 e. The molecule has 0 radical (unpaired) electrons. The Bertz CT molecular complexity index is 731. The van der Waals surface area contributed by atoms with Gasteiger partial charge in [0.2, 0.25) is 0 Å². The molecule has 22 heavy (non-hydrogen) atoms. The lowest BCUT2D eigenvalue weighted by Gasteiger charge is -2.14. The predicted molar refractivity (Wildman–Crippen MR) is 84.9 cm³/mol. The van der Waals surface area contributed by atoms with E-state index in [1.165, 1.54) is 5.56 Å². The molecule has 2 unspecified atom stereocenters. The number of hydrogen-bond donors (Lipinski definition) is 0. The van der Waals surface area contributed by atoms with E-state index in [4.69, 9.17) is 9.47 Å². The van der Waals surface area contributed by atoms with Gasteiger partial charge >= 0.3 is 0 Å². The zero-order valence-corrected chi connectivity index (χ0v) is 13.1. The summed E-state index contributed by atoms with van der Waals surface area (Å²) >= 11 is 0. The minimum absolute atomic E-state index is 0.0908. The molecule has 2 aromatic rings. The van der Waals surface area contributed by atoms with E-state index in [0.717, 1.165) is 22.4 Å². The Morgan fingerprint density at radius 1 is 1.14 bits per heavy atom. The first-order valence-electron chi connectivity index (χ1n) is 7.46. The Balaban J connectivity index is 1.70. The highest BCUT2D eigenvalue weighted by molar-refractivity contribution is 5.54. The van der Waals surface area contributed by atoms with Gasteiger partial charge in [0, 0.05) is 5.56 Å². The SMILES string of the molecule is Cc1cc(C)c(OCC2OC2c2ccccc2)c(C)c1C#N. The fraction of sp³-hybridized carbons (Fsp3) is 0.316. The van der Waals surface area contributed by atoms with Gasteiger partial charge in [-0.15, -0.1) is 0 Å². The highest BCUT2D eigenvalue weighted by Gasteiger charge is 2.40. The number of benzene rings is 2. The summed E-state index contributed by atoms with van der Waals surface area (Å²) in [4.78, 5) is 0. The molecule has 0 N–H and O–H groups in total. The van der Waals surface area contributed by atoms with Gasteiger partial charge in [-0.1, -0.05) is 36.4 Å². The first-order chi connectivity index (χ1) is 10.6. The molecule has 2 atom stereocenters. The molecular formula is C19H19NO2. The zero-order chi connectivity index (χ0) is 15.7. The summed E-state index contributed by atoms with van der Waals surface area (Å²) in [6.45, 7) is 6.42. The molecule has 2 aromatic carbocycles. The molecule has 0 spiro atoms. The Hall–Kier alpha value is -2.31. The molecule has 1 aliphatic heterocycles. The molecule has 0 amide bonds. The topological polar surface area (TPSA) is 45.5 Å². The molecule has 1 aliphatic rings. The van der Waals surface area contributed by atoms with Crippen LogP contribution in [-0.2, 0) is 4.74 Å². The van der Waals surface area contributed by atoms with Crippen molar-refractivity contribution in [1.82, 2.24) is 0 Å². The highest BCUT2D eigenvalue weighted by atomic mass is 16.6. The predicted octanol–water partition coefficient (Wildman–Crippen LogP) is 4.00. The summed E-state index contributed by atoms with van der Waals surface area (Å²) in [6, 6.07) is 14.4. The third kappa shape index (κ3) is 2.70. The van der Waals surface area contributed by atoms with E-state index in [2.05, 4.69) is 18.2 Å². The third-order valence-electron chi connectivity index (χ3n) is 4.12. The normalized spacial score (nSPS) is 19.5. The second-order valence-corrected chi connectivity index (χ2v) is 5.77. The van der Waals surface area contributed by atoms with Crippen molar-refractivity contribution in [3.05, 3.63) is 64.2 Å². The number of ether oxygens (including phenoxy) is 2. The van der Waals surface area contributed by atoms with Gasteiger partial charge in [0.15, 0.2) is 0 Å². The summed E-state index contributed by atoms with van der Waals surface area (Å²) in [5.41, 5.74) is 4.86. The Kier molecular flexibility index (Phi) is 3.87. The molecule has 3 rings (SSSR count). The quantitative estimate of drug-likeness (QED) is 0.800. The molecule has 0 aliphatic carbocycles. The average Bonchev–Trinajstić information content (AvgIpc) is 3.27. The summed E-state index contributed by atoms with van der Waals surface area (Å²) in [5.74, 6) is 0.810. The minimum atomic E-state index is 0.0908. The van der Waals surface area contributed by atoms with Crippen LogP contribution in [0.15, 0.2) is 36.4 Å². The minimum Gasteiger partial charge on any atom is -0.490 e. The lowest BCUT2D eigenvalue weighted by molar-refractivity contribution is 0.258. The first-order valence-corrected chi connectivity index (χ1v) is 7.46. The maximum absolute atomic E-state index is 9.26. The van der Waals surface area contributed by atoms with Gasteiger partial charge in [0.25, 0.3) is 0 Å². The van der Waals surface area contributed by atoms with E-state index in [1.54, 1.807) is 0 Å². The first kappa shape index (κ1) is 14.6. The van der Waals surface area contributed by atoms with Gasteiger partial charge in [-0.3, -0.25) is 0 Å². The average molecular weight is 293 g/mol. The number of nitrogens with zero attached hydrogens (tertiary/aromatic N) is 1. The maximum Gasteiger partial charge on any atom is 0.126 e. The fourth-order valence-corrected chi connectivity index (χ4v) is 2.93. The van der Waals surface area contributed by atoms with Crippen LogP contribution in [0, 0.1) is 32.1 Å². The smallest absolute Gasteiger partial charge is 0.126 e. The van der Waals surface area contributed by atoms with Crippen LogP contribution in [0.5, 0.6) is 5.75 Å². The van der Waals surface area contributed by atoms with Crippen LogP contribution in [0.3, 0.4) is 0 Å². The molecule has 112 valence electrons. The molecule has 3 heteroatoms. The maximum atomic E-state index is 9.26. The van der Waals surface area contributed by atoms with Crippen LogP contribution in [0.2, 0.25) is 0 Å². The van der Waals surface area contributed by atoms with Crippen molar-refractivity contribution >= 4 is 0 Å². The van der Waals surface area contributed by atoms with Gasteiger partial charge in [0.05, 0.1) is 11.6 Å². The van der Waals surface area contributed by atoms with Crippen molar-refractivity contribution in [3.8, 4) is 11.8 Å². The molecule has 1 fully saturated rings. The molecule has 1 heterocycles. The summed E-state index contributed by atoms with van der Waals surface area (Å²) in [6.07, 6.45) is 0.218. The van der Waals surface area contributed by atoms with Crippen LogP contribution in [0.1, 0.15) is 33.9 Å². The number of nitriles is 1. The van der Waals surface area contributed by atoms with Crippen molar-refractivity contribution < 1.29 is 9.47 Å². The van der Waals surface area contributed by atoms with E-state index in [0.29, 0.717) is 12.2 Å². The van der Waals surface area contributed by atoms with Gasteiger partial charge < -0.3 is 9.47 Å². The number of rotatable bonds is 4. The number of hydrogen-bond acceptors (Lipinski definition) is 3. The number of epoxide rings is 1. The zero-order valence-electron chi connectivity index (χ0n) is 13.1. The van der Waals surface area contributed by atoms with Gasteiger partial charge in [-0.05, 0) is 37.5 Å². The van der Waals surface area contributed by atoms with Crippen LogP contribution in [-0.4, -0.2) is 12.7 Å². The van der Waals surface area contributed by atoms with E-state index in [9.17, 15) is 5.26 Å². The van der Waals surface area contributed by atoms with Crippen molar-refractivity contribution in [1.29, 1.82) is 5.26 Å². The lowest BCUT2D eigenvalue weighted by atomic mass is 9.99. The van der Waals surface area contributed by atoms with E-state index in [1.807, 2.05) is 45.0 Å². The molecule has 0 saturated carbocycles. The lowest BCUT2D eigenvalue weighted by Crippen LogP contribution is -2.08. The van der Waals surface area contributed by atoms with E-state index >= 15 is 0 Å². The highest BCUT2D eigenvalue weighted by Crippen LogP contribution is 2.39. The molecule has 0 bridgehead atoms. The van der Waals surface area contributed by atoms with Crippen molar-refractivity contribution in [3.63, 3.8) is 0 Å². The fourth-order valence-electron chi connectivity index (χ4n) is 2.93. The van der Waals surface area contributed by atoms with Crippen LogP contribution in [0.25, 0.3) is 0 Å². The standard InChI is InChI=1S/C19H19NO2/c1-12-9-13(2)18(14(3)16(12)10-20)21-11-17-19(22-17)15-7-5-4-6-8-15/h4-9,17,19H,11H2,1-3H3. The van der Waals surface area contributed by atoms with Crippen molar-refractivity contribution in [2.24, 2.45) is 0 Å². The molecular weight excluding hydrogens is 274 g/mol. The summed E-state index contributed by atoms with van der Waals surface area (Å²) in [7, 11) is 0. The Labute approximate surface area is 131 Å². The molecule has 0 aromatic heterocycles. The van der Waals surface area contributed by atoms with Crippen molar-refractivity contribution in [2.45, 2.75) is 33.0 Å². The number of aryl methyl sites for hydroxylation is 2. The Morgan fingerprint density at radius 2 is 1.86 bits per heavy atom. The van der Waals surface area contributed by atoms with Gasteiger partial charge in [-0.2, -0.15) is 5.26 Å². The second kappa shape index (κ2) is 5.82. The van der Waals surface area contributed by atoms with Gasteiger partial charge in [0.1, 0.15) is 24.6 Å². The van der Waals surface area contributed by atoms with Crippen LogP contribution < -0.4 is 4.74 Å². The van der Waals surface area contributed by atoms with E-state index < -0.39 is 0 Å². The summed E-state index contributed by atoms with van der Waals surface area (Å²) < 4.78 is 11.7. The Morgan fingerprint density at radius 3 is 2.55 bits per heavy atom. The van der Waals surface area contributed by atoms with E-state index in [-0.39, 0.29) is 12.2 Å². The monoisotopic (exact) mass is 293 g/mol. The van der Waals surface area contributed by atoms with Gasteiger partial charge in [-0.25, -0.2) is 0 Å². The molecule has 3 nitrogen and oxygen atoms in total. The third-order valence-corrected chi connectivity index (χ3v) is 4.12. The molecule has 1 saturated heterocycles. The van der Waals surface area contributed by atoms with Crippen LogP contribution in [0.4, 0.5) is 0 Å².